The first-order chi connectivity index (χ1) is 7.93. The Labute approximate surface area is 118 Å². The Kier molecular flexibility index (Phi) is 5.19. The SMILES string of the molecule is C=C(C)C(CC(=C)c1ccccc1I)=C(C)C. The lowest BCUT2D eigenvalue weighted by molar-refractivity contribution is 1.15. The van der Waals surface area contributed by atoms with Crippen LogP contribution in [0.4, 0.5) is 0 Å². The maximum Gasteiger partial charge on any atom is 0.0205 e. The zero-order chi connectivity index (χ0) is 13.0. The van der Waals surface area contributed by atoms with Gasteiger partial charge in [-0.1, -0.05) is 42.5 Å². The van der Waals surface area contributed by atoms with Gasteiger partial charge in [0.25, 0.3) is 0 Å². The Morgan fingerprint density at radius 1 is 1.12 bits per heavy atom. The van der Waals surface area contributed by atoms with Gasteiger partial charge in [-0.2, -0.15) is 0 Å². The molecular weight excluding hydrogens is 319 g/mol. The van der Waals surface area contributed by atoms with Crippen LogP contribution in [0.15, 0.2) is 54.1 Å². The second kappa shape index (κ2) is 6.20. The van der Waals surface area contributed by atoms with Gasteiger partial charge < -0.3 is 0 Å². The lowest BCUT2D eigenvalue weighted by Crippen LogP contribution is -1.93. The maximum atomic E-state index is 4.21. The average molecular weight is 338 g/mol. The minimum absolute atomic E-state index is 0.887. The van der Waals surface area contributed by atoms with Gasteiger partial charge in [-0.05, 0) is 72.6 Å². The first kappa shape index (κ1) is 14.2. The van der Waals surface area contributed by atoms with Crippen molar-refractivity contribution in [3.63, 3.8) is 0 Å². The standard InChI is InChI=1S/C16H19I/c1-11(2)15(12(3)4)10-13(5)14-8-6-7-9-16(14)17/h6-9H,1,5,10H2,2-4H3. The average Bonchev–Trinajstić information content (AvgIpc) is 2.25. The van der Waals surface area contributed by atoms with E-state index in [-0.39, 0.29) is 0 Å². The van der Waals surface area contributed by atoms with Gasteiger partial charge >= 0.3 is 0 Å². The Morgan fingerprint density at radius 3 is 2.18 bits per heavy atom. The summed E-state index contributed by atoms with van der Waals surface area (Å²) >= 11 is 2.36. The summed E-state index contributed by atoms with van der Waals surface area (Å²) in [5, 5.41) is 0. The second-order valence-corrected chi connectivity index (χ2v) is 5.68. The van der Waals surface area contributed by atoms with Crippen LogP contribution >= 0.6 is 22.6 Å². The van der Waals surface area contributed by atoms with E-state index in [1.807, 2.05) is 0 Å². The van der Waals surface area contributed by atoms with Crippen LogP contribution in [0.5, 0.6) is 0 Å². The summed E-state index contributed by atoms with van der Waals surface area (Å²) in [5.74, 6) is 0. The van der Waals surface area contributed by atoms with Crippen molar-refractivity contribution in [2.75, 3.05) is 0 Å². The quantitative estimate of drug-likeness (QED) is 0.495. The molecule has 1 rings (SSSR count). The van der Waals surface area contributed by atoms with Gasteiger partial charge in [-0.25, -0.2) is 0 Å². The van der Waals surface area contributed by atoms with E-state index in [1.54, 1.807) is 0 Å². The Balaban J connectivity index is 2.98. The molecule has 0 aromatic heterocycles. The summed E-state index contributed by atoms with van der Waals surface area (Å²) in [4.78, 5) is 0. The lowest BCUT2D eigenvalue weighted by atomic mass is 9.93. The van der Waals surface area contributed by atoms with Gasteiger partial charge in [-0.15, -0.1) is 0 Å². The molecule has 0 N–H and O–H groups in total. The highest BCUT2D eigenvalue weighted by Gasteiger charge is 2.08. The molecule has 0 aliphatic rings. The van der Waals surface area contributed by atoms with Crippen molar-refractivity contribution in [1.29, 1.82) is 0 Å². The van der Waals surface area contributed by atoms with Gasteiger partial charge in [0.1, 0.15) is 0 Å². The highest BCUT2D eigenvalue weighted by atomic mass is 127. The van der Waals surface area contributed by atoms with Crippen LogP contribution in [0, 0.1) is 3.57 Å². The van der Waals surface area contributed by atoms with Crippen LogP contribution in [0.1, 0.15) is 32.8 Å². The van der Waals surface area contributed by atoms with Gasteiger partial charge in [-0.3, -0.25) is 0 Å². The minimum atomic E-state index is 0.887. The topological polar surface area (TPSA) is 0 Å². The van der Waals surface area contributed by atoms with Crippen molar-refractivity contribution < 1.29 is 0 Å². The highest BCUT2D eigenvalue weighted by Crippen LogP contribution is 2.28. The largest absolute Gasteiger partial charge is 0.0958 e. The zero-order valence-corrected chi connectivity index (χ0v) is 13.0. The predicted octanol–water partition coefficient (Wildman–Crippen LogP) is 5.61. The summed E-state index contributed by atoms with van der Waals surface area (Å²) in [6.07, 6.45) is 0.887. The molecule has 0 fully saturated rings. The number of allylic oxidation sites excluding steroid dienone is 4. The van der Waals surface area contributed by atoms with Crippen molar-refractivity contribution >= 4 is 28.2 Å². The molecule has 0 nitrogen and oxygen atoms in total. The van der Waals surface area contributed by atoms with Crippen molar-refractivity contribution in [2.45, 2.75) is 27.2 Å². The first-order valence-corrected chi connectivity index (χ1v) is 6.76. The van der Waals surface area contributed by atoms with E-state index >= 15 is 0 Å². The van der Waals surface area contributed by atoms with Crippen LogP contribution in [-0.2, 0) is 0 Å². The second-order valence-electron chi connectivity index (χ2n) is 4.52. The van der Waals surface area contributed by atoms with E-state index in [4.69, 9.17) is 0 Å². The van der Waals surface area contributed by atoms with E-state index in [1.165, 1.54) is 20.3 Å². The molecule has 1 aromatic rings. The molecule has 1 aromatic carbocycles. The van der Waals surface area contributed by atoms with Gasteiger partial charge in [0.15, 0.2) is 0 Å². The molecule has 0 radical (unpaired) electrons. The molecule has 90 valence electrons. The van der Waals surface area contributed by atoms with Crippen LogP contribution < -0.4 is 0 Å². The molecular formula is C16H19I. The van der Waals surface area contributed by atoms with Gasteiger partial charge in [0, 0.05) is 3.57 Å². The number of hydrogen-bond acceptors (Lipinski definition) is 0. The summed E-state index contributed by atoms with van der Waals surface area (Å²) in [6, 6.07) is 8.36. The van der Waals surface area contributed by atoms with Crippen LogP contribution in [0.3, 0.4) is 0 Å². The summed E-state index contributed by atoms with van der Waals surface area (Å²) in [6.45, 7) is 14.6. The molecule has 0 aliphatic heterocycles. The third-order valence-electron chi connectivity index (χ3n) is 2.76. The Hall–Kier alpha value is -0.830. The monoisotopic (exact) mass is 338 g/mol. The first-order valence-electron chi connectivity index (χ1n) is 5.68. The van der Waals surface area contributed by atoms with Crippen LogP contribution in [0.25, 0.3) is 5.57 Å². The summed E-state index contributed by atoms with van der Waals surface area (Å²) < 4.78 is 1.25. The molecule has 0 saturated heterocycles. The number of rotatable bonds is 4. The molecule has 0 spiro atoms. The van der Waals surface area contributed by atoms with Gasteiger partial charge in [0.05, 0.1) is 0 Å². The van der Waals surface area contributed by atoms with Crippen molar-refractivity contribution in [1.82, 2.24) is 0 Å². The third kappa shape index (κ3) is 3.84. The molecule has 0 atom stereocenters. The molecule has 0 heterocycles. The maximum absolute atomic E-state index is 4.21. The third-order valence-corrected chi connectivity index (χ3v) is 3.70. The molecule has 1 heteroatoms. The number of benzene rings is 1. The molecule has 0 unspecified atom stereocenters. The molecule has 0 amide bonds. The fourth-order valence-corrected chi connectivity index (χ4v) is 2.58. The minimum Gasteiger partial charge on any atom is -0.0958 e. The molecule has 0 aliphatic carbocycles. The fraction of sp³-hybridized carbons (Fsp3) is 0.250. The molecule has 17 heavy (non-hydrogen) atoms. The predicted molar refractivity (Wildman–Crippen MR) is 86.0 cm³/mol. The highest BCUT2D eigenvalue weighted by molar-refractivity contribution is 14.1. The number of halogens is 1. The van der Waals surface area contributed by atoms with E-state index < -0.39 is 0 Å². The fourth-order valence-electron chi connectivity index (χ4n) is 1.81. The smallest absolute Gasteiger partial charge is 0.0205 e. The van der Waals surface area contributed by atoms with Crippen LogP contribution in [-0.4, -0.2) is 0 Å². The van der Waals surface area contributed by atoms with Crippen LogP contribution in [0.2, 0.25) is 0 Å². The van der Waals surface area contributed by atoms with Gasteiger partial charge in [0.2, 0.25) is 0 Å². The Morgan fingerprint density at radius 2 is 1.71 bits per heavy atom. The van der Waals surface area contributed by atoms with E-state index in [2.05, 4.69) is 80.8 Å². The molecule has 0 saturated carbocycles. The summed E-state index contributed by atoms with van der Waals surface area (Å²) in [7, 11) is 0. The van der Waals surface area contributed by atoms with E-state index in [0.717, 1.165) is 17.6 Å². The Bertz CT molecular complexity index is 474. The van der Waals surface area contributed by atoms with Crippen molar-refractivity contribution in [3.05, 3.63) is 63.3 Å². The molecule has 0 bridgehead atoms. The number of hydrogen-bond donors (Lipinski definition) is 0. The van der Waals surface area contributed by atoms with E-state index in [9.17, 15) is 0 Å². The van der Waals surface area contributed by atoms with Crippen molar-refractivity contribution in [3.8, 4) is 0 Å². The summed E-state index contributed by atoms with van der Waals surface area (Å²) in [5.41, 5.74) is 6.18. The zero-order valence-electron chi connectivity index (χ0n) is 10.8. The lowest BCUT2D eigenvalue weighted by Gasteiger charge is -2.13. The normalized spacial score (nSPS) is 9.88. The van der Waals surface area contributed by atoms with Crippen molar-refractivity contribution in [2.24, 2.45) is 0 Å². The van der Waals surface area contributed by atoms with E-state index in [0.29, 0.717) is 0 Å².